The minimum atomic E-state index is -0.355. The van der Waals surface area contributed by atoms with Gasteiger partial charge >= 0.3 is 0 Å². The predicted molar refractivity (Wildman–Crippen MR) is 126 cm³/mol. The number of halogens is 1. The molecule has 0 saturated carbocycles. The van der Waals surface area contributed by atoms with Crippen molar-refractivity contribution in [2.75, 3.05) is 31.1 Å². The Morgan fingerprint density at radius 2 is 1.64 bits per heavy atom. The van der Waals surface area contributed by atoms with E-state index in [0.717, 1.165) is 10.9 Å². The van der Waals surface area contributed by atoms with Crippen LogP contribution in [0.2, 0.25) is 0 Å². The van der Waals surface area contributed by atoms with E-state index < -0.39 is 0 Å². The van der Waals surface area contributed by atoms with E-state index in [4.69, 9.17) is 0 Å². The van der Waals surface area contributed by atoms with E-state index in [1.54, 1.807) is 46.0 Å². The highest BCUT2D eigenvalue weighted by Crippen LogP contribution is 2.21. The number of benzene rings is 2. The van der Waals surface area contributed by atoms with Gasteiger partial charge in [0.25, 0.3) is 11.5 Å². The number of piperazine rings is 1. The number of para-hydroxylation sites is 1. The number of pyridine rings is 2. The molecule has 166 valence electrons. The molecule has 7 heteroatoms. The number of hydrogen-bond donors (Lipinski definition) is 0. The van der Waals surface area contributed by atoms with Crippen molar-refractivity contribution in [1.29, 1.82) is 0 Å². The van der Waals surface area contributed by atoms with Gasteiger partial charge in [0.1, 0.15) is 17.0 Å². The van der Waals surface area contributed by atoms with Crippen LogP contribution >= 0.6 is 0 Å². The summed E-state index contributed by atoms with van der Waals surface area (Å²) < 4.78 is 15.7. The summed E-state index contributed by atoms with van der Waals surface area (Å²) in [6.45, 7) is 2.15. The molecule has 1 fully saturated rings. The molecular weight excluding hydrogens is 419 g/mol. The molecule has 1 amide bonds. The standard InChI is InChI=1S/C26H23FN4O2/c27-22-10-4-5-11-23(22)29-13-15-30(16-14-29)25(32)21-17-20-9-6-12-28-24(20)31(26(21)33)18-19-7-2-1-3-8-19/h1-12,17H,13-16,18H2. The molecule has 0 N–H and O–H groups in total. The average Bonchev–Trinajstić information content (AvgIpc) is 2.86. The summed E-state index contributed by atoms with van der Waals surface area (Å²) in [5.74, 6) is -0.580. The third kappa shape index (κ3) is 4.09. The highest BCUT2D eigenvalue weighted by atomic mass is 19.1. The van der Waals surface area contributed by atoms with E-state index in [9.17, 15) is 14.0 Å². The lowest BCUT2D eigenvalue weighted by Crippen LogP contribution is -2.50. The van der Waals surface area contributed by atoms with Gasteiger partial charge in [-0.15, -0.1) is 0 Å². The first-order chi connectivity index (χ1) is 16.1. The van der Waals surface area contributed by atoms with Crippen LogP contribution in [0.15, 0.2) is 83.8 Å². The van der Waals surface area contributed by atoms with Crippen LogP contribution in [0.4, 0.5) is 10.1 Å². The van der Waals surface area contributed by atoms with Crippen LogP contribution in [0.5, 0.6) is 0 Å². The van der Waals surface area contributed by atoms with Gasteiger partial charge in [0.15, 0.2) is 0 Å². The van der Waals surface area contributed by atoms with Crippen LogP contribution in [0.25, 0.3) is 11.0 Å². The SMILES string of the molecule is O=C(c1cc2cccnc2n(Cc2ccccc2)c1=O)N1CCN(c2ccccc2F)CC1. The van der Waals surface area contributed by atoms with Crippen LogP contribution < -0.4 is 10.5 Å². The molecule has 1 saturated heterocycles. The lowest BCUT2D eigenvalue weighted by molar-refractivity contribution is 0.0744. The van der Waals surface area contributed by atoms with Crippen molar-refractivity contribution < 1.29 is 9.18 Å². The molecule has 0 spiro atoms. The highest BCUT2D eigenvalue weighted by molar-refractivity contribution is 5.97. The minimum absolute atomic E-state index is 0.130. The molecule has 33 heavy (non-hydrogen) atoms. The number of hydrogen-bond acceptors (Lipinski definition) is 4. The Morgan fingerprint density at radius 1 is 0.909 bits per heavy atom. The maximum absolute atomic E-state index is 14.1. The Labute approximate surface area is 190 Å². The summed E-state index contributed by atoms with van der Waals surface area (Å²) in [5, 5.41) is 0.737. The number of carbonyl (C=O) groups is 1. The second kappa shape index (κ2) is 8.86. The van der Waals surface area contributed by atoms with Crippen LogP contribution in [0, 0.1) is 5.82 Å². The Balaban J connectivity index is 1.44. The smallest absolute Gasteiger partial charge is 0.265 e. The molecule has 2 aromatic heterocycles. The molecule has 3 heterocycles. The number of amides is 1. The van der Waals surface area contributed by atoms with Gasteiger partial charge in [-0.25, -0.2) is 9.37 Å². The molecule has 6 nitrogen and oxygen atoms in total. The van der Waals surface area contributed by atoms with Gasteiger partial charge in [-0.2, -0.15) is 0 Å². The molecule has 0 aliphatic carbocycles. The first-order valence-corrected chi connectivity index (χ1v) is 10.9. The van der Waals surface area contributed by atoms with Crippen LogP contribution in [0.3, 0.4) is 0 Å². The fourth-order valence-electron chi connectivity index (χ4n) is 4.30. The molecule has 0 bridgehead atoms. The van der Waals surface area contributed by atoms with E-state index in [-0.39, 0.29) is 22.8 Å². The Hall–Kier alpha value is -4.00. The fraction of sp³-hybridized carbons (Fsp3) is 0.192. The molecule has 1 aliphatic rings. The second-order valence-corrected chi connectivity index (χ2v) is 8.08. The minimum Gasteiger partial charge on any atom is -0.366 e. The summed E-state index contributed by atoms with van der Waals surface area (Å²) in [6, 6.07) is 21.6. The quantitative estimate of drug-likeness (QED) is 0.485. The third-order valence-electron chi connectivity index (χ3n) is 6.02. The summed E-state index contributed by atoms with van der Waals surface area (Å²) >= 11 is 0. The van der Waals surface area contributed by atoms with Crippen LogP contribution in [-0.4, -0.2) is 46.5 Å². The zero-order valence-electron chi connectivity index (χ0n) is 18.0. The molecule has 1 aliphatic heterocycles. The largest absolute Gasteiger partial charge is 0.366 e. The van der Waals surface area contributed by atoms with E-state index in [1.807, 2.05) is 41.3 Å². The maximum Gasteiger partial charge on any atom is 0.265 e. The molecular formula is C26H23FN4O2. The van der Waals surface area contributed by atoms with Gasteiger partial charge in [-0.05, 0) is 35.9 Å². The van der Waals surface area contributed by atoms with E-state index >= 15 is 0 Å². The second-order valence-electron chi connectivity index (χ2n) is 8.08. The third-order valence-corrected chi connectivity index (χ3v) is 6.02. The summed E-state index contributed by atoms with van der Waals surface area (Å²) in [5.41, 5.74) is 1.81. The topological polar surface area (TPSA) is 58.4 Å². The Kier molecular flexibility index (Phi) is 5.60. The number of aromatic nitrogens is 2. The molecule has 2 aromatic carbocycles. The van der Waals surface area contributed by atoms with Gasteiger partial charge in [-0.3, -0.25) is 14.2 Å². The number of nitrogens with zero attached hydrogens (tertiary/aromatic N) is 4. The number of fused-ring (bicyclic) bond motifs is 1. The molecule has 0 atom stereocenters. The average molecular weight is 442 g/mol. The highest BCUT2D eigenvalue weighted by Gasteiger charge is 2.26. The van der Waals surface area contributed by atoms with Crippen LogP contribution in [0.1, 0.15) is 15.9 Å². The van der Waals surface area contributed by atoms with Crippen molar-refractivity contribution in [3.8, 4) is 0 Å². The lowest BCUT2D eigenvalue weighted by Gasteiger charge is -2.36. The Morgan fingerprint density at radius 3 is 2.39 bits per heavy atom. The number of rotatable bonds is 4. The number of carbonyl (C=O) groups excluding carboxylic acids is 1. The lowest BCUT2D eigenvalue weighted by atomic mass is 10.1. The maximum atomic E-state index is 14.1. The molecule has 0 unspecified atom stereocenters. The van der Waals surface area contributed by atoms with Gasteiger partial charge in [0.2, 0.25) is 0 Å². The van der Waals surface area contributed by atoms with Gasteiger partial charge in [0, 0.05) is 37.8 Å². The normalized spacial score (nSPS) is 14.0. The molecule has 0 radical (unpaired) electrons. The number of anilines is 1. The first kappa shape index (κ1) is 20.9. The molecule has 4 aromatic rings. The predicted octanol–water partition coefficient (Wildman–Crippen LogP) is 3.55. The van der Waals surface area contributed by atoms with Crippen molar-refractivity contribution in [3.63, 3.8) is 0 Å². The monoisotopic (exact) mass is 442 g/mol. The summed E-state index contributed by atoms with van der Waals surface area (Å²) in [7, 11) is 0. The zero-order valence-corrected chi connectivity index (χ0v) is 18.0. The summed E-state index contributed by atoms with van der Waals surface area (Å²) in [4.78, 5) is 34.8. The van der Waals surface area contributed by atoms with Gasteiger partial charge in [-0.1, -0.05) is 42.5 Å². The van der Waals surface area contributed by atoms with E-state index in [0.29, 0.717) is 44.1 Å². The van der Waals surface area contributed by atoms with Crippen molar-refractivity contribution >= 4 is 22.6 Å². The van der Waals surface area contributed by atoms with Crippen molar-refractivity contribution in [2.45, 2.75) is 6.54 Å². The van der Waals surface area contributed by atoms with Crippen molar-refractivity contribution in [2.24, 2.45) is 0 Å². The van der Waals surface area contributed by atoms with E-state index in [1.165, 1.54) is 6.07 Å². The first-order valence-electron chi connectivity index (χ1n) is 10.9. The Bertz CT molecular complexity index is 1360. The zero-order chi connectivity index (χ0) is 22.8. The van der Waals surface area contributed by atoms with E-state index in [2.05, 4.69) is 4.98 Å². The summed E-state index contributed by atoms with van der Waals surface area (Å²) in [6.07, 6.45) is 1.65. The fourth-order valence-corrected chi connectivity index (χ4v) is 4.30. The van der Waals surface area contributed by atoms with Crippen molar-refractivity contribution in [1.82, 2.24) is 14.5 Å². The molecule has 5 rings (SSSR count). The van der Waals surface area contributed by atoms with Crippen molar-refractivity contribution in [3.05, 3.63) is 106 Å². The van der Waals surface area contributed by atoms with Gasteiger partial charge < -0.3 is 9.80 Å². The van der Waals surface area contributed by atoms with Gasteiger partial charge in [0.05, 0.1) is 12.2 Å². The van der Waals surface area contributed by atoms with Crippen LogP contribution in [-0.2, 0) is 6.54 Å².